The summed E-state index contributed by atoms with van der Waals surface area (Å²) in [7, 11) is 1.24. The molecule has 28 heavy (non-hydrogen) atoms. The first kappa shape index (κ1) is 22.0. The molecule has 0 saturated carbocycles. The number of ether oxygens (including phenoxy) is 3. The molecule has 1 fully saturated rings. The van der Waals surface area contributed by atoms with Crippen LogP contribution in [0.25, 0.3) is 6.08 Å². The average molecular weight is 472 g/mol. The second-order valence-corrected chi connectivity index (χ2v) is 7.76. The van der Waals surface area contributed by atoms with Crippen molar-refractivity contribution in [2.24, 2.45) is 0 Å². The van der Waals surface area contributed by atoms with Crippen LogP contribution >= 0.6 is 27.7 Å². The number of halogens is 1. The van der Waals surface area contributed by atoms with Crippen molar-refractivity contribution in [2.45, 2.75) is 20.0 Å². The van der Waals surface area contributed by atoms with Crippen molar-refractivity contribution in [2.75, 3.05) is 20.3 Å². The maximum Gasteiger partial charge on any atom is 0.343 e. The van der Waals surface area contributed by atoms with Gasteiger partial charge in [0.05, 0.1) is 18.1 Å². The molecule has 0 spiro atoms. The Balaban J connectivity index is 2.22. The van der Waals surface area contributed by atoms with Crippen LogP contribution in [0, 0.1) is 0 Å². The molecule has 2 amide bonds. The van der Waals surface area contributed by atoms with Gasteiger partial charge in [-0.1, -0.05) is 15.9 Å². The third-order valence-corrected chi connectivity index (χ3v) is 4.76. The van der Waals surface area contributed by atoms with Gasteiger partial charge in [-0.05, 0) is 49.9 Å². The van der Waals surface area contributed by atoms with E-state index < -0.39 is 29.6 Å². The van der Waals surface area contributed by atoms with Crippen molar-refractivity contribution in [3.05, 3.63) is 33.1 Å². The monoisotopic (exact) mass is 471 g/mol. The minimum absolute atomic E-state index is 0.128. The van der Waals surface area contributed by atoms with Crippen molar-refractivity contribution in [1.29, 1.82) is 0 Å². The fourth-order valence-corrected chi connectivity index (χ4v) is 3.37. The lowest BCUT2D eigenvalue weighted by molar-refractivity contribution is -0.149. The summed E-state index contributed by atoms with van der Waals surface area (Å²) in [6, 6.07) is 4.99. The second-order valence-electron chi connectivity index (χ2n) is 5.85. The topological polar surface area (TPSA) is 99.2 Å². The first-order valence-electron chi connectivity index (χ1n) is 8.15. The molecule has 0 atom stereocenters. The third-order valence-electron chi connectivity index (χ3n) is 3.36. The Kier molecular flexibility index (Phi) is 7.64. The Labute approximate surface area is 174 Å². The van der Waals surface area contributed by atoms with Crippen LogP contribution in [-0.2, 0) is 23.9 Å². The molecular formula is C18H18BrNO7S. The Bertz CT molecular complexity index is 837. The molecule has 1 aromatic carbocycles. The van der Waals surface area contributed by atoms with E-state index in [0.29, 0.717) is 27.5 Å². The summed E-state index contributed by atoms with van der Waals surface area (Å²) >= 11 is 4.04. The summed E-state index contributed by atoms with van der Waals surface area (Å²) in [5, 5.41) is -0.566. The van der Waals surface area contributed by atoms with Crippen molar-refractivity contribution >= 4 is 56.9 Å². The molecule has 0 aliphatic carbocycles. The van der Waals surface area contributed by atoms with Gasteiger partial charge in [0.1, 0.15) is 12.3 Å². The van der Waals surface area contributed by atoms with Gasteiger partial charge < -0.3 is 14.2 Å². The minimum Gasteiger partial charge on any atom is -0.481 e. The summed E-state index contributed by atoms with van der Waals surface area (Å²) in [4.78, 5) is 48.7. The Morgan fingerprint density at radius 1 is 1.25 bits per heavy atom. The first-order valence-corrected chi connectivity index (χ1v) is 9.76. The first-order chi connectivity index (χ1) is 13.2. The number of thioether (sulfide) groups is 1. The summed E-state index contributed by atoms with van der Waals surface area (Å²) in [5.41, 5.74) is 0.480. The molecular weight excluding hydrogens is 454 g/mol. The van der Waals surface area contributed by atoms with E-state index in [1.807, 2.05) is 0 Å². The number of carbonyl (C=O) groups is 4. The molecule has 0 unspecified atom stereocenters. The van der Waals surface area contributed by atoms with Gasteiger partial charge in [-0.3, -0.25) is 19.3 Å². The van der Waals surface area contributed by atoms with Crippen LogP contribution in [0.1, 0.15) is 19.4 Å². The average Bonchev–Trinajstić information content (AvgIpc) is 2.87. The smallest absolute Gasteiger partial charge is 0.343 e. The molecule has 0 radical (unpaired) electrons. The number of methoxy groups -OCH3 is 1. The predicted molar refractivity (Wildman–Crippen MR) is 106 cm³/mol. The second kappa shape index (κ2) is 9.74. The van der Waals surface area contributed by atoms with Crippen LogP contribution in [-0.4, -0.2) is 54.4 Å². The zero-order valence-corrected chi connectivity index (χ0v) is 17.8. The summed E-state index contributed by atoms with van der Waals surface area (Å²) in [6.07, 6.45) is 1.12. The fraction of sp³-hybridized carbons (Fsp3) is 0.333. The maximum atomic E-state index is 12.5. The van der Waals surface area contributed by atoms with Crippen molar-refractivity contribution in [3.8, 4) is 5.75 Å². The van der Waals surface area contributed by atoms with Gasteiger partial charge in [-0.25, -0.2) is 4.79 Å². The molecule has 1 aliphatic rings. The molecule has 0 N–H and O–H groups in total. The summed E-state index contributed by atoms with van der Waals surface area (Å²) in [5.74, 6) is -1.49. The zero-order chi connectivity index (χ0) is 20.8. The van der Waals surface area contributed by atoms with Gasteiger partial charge in [0.15, 0.2) is 6.61 Å². The zero-order valence-electron chi connectivity index (χ0n) is 15.4. The lowest BCUT2D eigenvalue weighted by Crippen LogP contribution is -2.35. The van der Waals surface area contributed by atoms with E-state index in [1.165, 1.54) is 13.2 Å². The molecule has 1 aromatic rings. The number of rotatable bonds is 7. The number of nitrogens with zero attached hydrogens (tertiary/aromatic N) is 1. The van der Waals surface area contributed by atoms with Crippen molar-refractivity contribution in [1.82, 2.24) is 4.90 Å². The Morgan fingerprint density at radius 2 is 1.96 bits per heavy atom. The van der Waals surface area contributed by atoms with Gasteiger partial charge in [0.25, 0.3) is 11.1 Å². The number of benzene rings is 1. The highest BCUT2D eigenvalue weighted by Gasteiger charge is 2.37. The van der Waals surface area contributed by atoms with Gasteiger partial charge in [0, 0.05) is 10.0 Å². The van der Waals surface area contributed by atoms with Gasteiger partial charge in [-0.2, -0.15) is 0 Å². The molecule has 150 valence electrons. The minimum atomic E-state index is -0.664. The molecule has 0 aromatic heterocycles. The number of imide groups is 1. The summed E-state index contributed by atoms with van der Waals surface area (Å²) < 4.78 is 15.6. The largest absolute Gasteiger partial charge is 0.481 e. The number of amides is 2. The lowest BCUT2D eigenvalue weighted by Gasteiger charge is -2.13. The Morgan fingerprint density at radius 3 is 2.61 bits per heavy atom. The van der Waals surface area contributed by atoms with Crippen molar-refractivity contribution in [3.63, 3.8) is 0 Å². The van der Waals surface area contributed by atoms with E-state index in [9.17, 15) is 19.2 Å². The third kappa shape index (κ3) is 5.83. The standard InChI is InChI=1S/C18H18BrNO7S/c1-10(2)27-15(21)8-20-17(23)14(28-18(20)24)7-11-6-12(19)4-5-13(11)26-9-16(22)25-3/h4-7,10H,8-9H2,1-3H3/b14-7+. The van der Waals surface area contributed by atoms with Gasteiger partial charge in [-0.15, -0.1) is 0 Å². The van der Waals surface area contributed by atoms with E-state index in [4.69, 9.17) is 9.47 Å². The van der Waals surface area contributed by atoms with Gasteiger partial charge >= 0.3 is 11.9 Å². The number of carbonyl (C=O) groups excluding carboxylic acids is 4. The van der Waals surface area contributed by atoms with E-state index in [1.54, 1.807) is 32.0 Å². The number of hydrogen-bond donors (Lipinski definition) is 0. The highest BCUT2D eigenvalue weighted by molar-refractivity contribution is 9.10. The Hall–Kier alpha value is -2.33. The quantitative estimate of drug-likeness (QED) is 0.441. The molecule has 10 heteroatoms. The SMILES string of the molecule is COC(=O)COc1ccc(Br)cc1/C=C1/SC(=O)N(CC(=O)OC(C)C)C1=O. The van der Waals surface area contributed by atoms with E-state index >= 15 is 0 Å². The van der Waals surface area contributed by atoms with E-state index in [-0.39, 0.29) is 17.6 Å². The van der Waals surface area contributed by atoms with Crippen LogP contribution in [0.2, 0.25) is 0 Å². The number of esters is 2. The predicted octanol–water partition coefficient (Wildman–Crippen LogP) is 2.99. The number of hydrogen-bond acceptors (Lipinski definition) is 8. The summed E-state index contributed by atoms with van der Waals surface area (Å²) in [6.45, 7) is 2.59. The van der Waals surface area contributed by atoms with Crippen LogP contribution in [0.5, 0.6) is 5.75 Å². The molecule has 1 heterocycles. The molecule has 8 nitrogen and oxygen atoms in total. The van der Waals surface area contributed by atoms with E-state index in [2.05, 4.69) is 20.7 Å². The maximum absolute atomic E-state index is 12.5. The molecule has 1 saturated heterocycles. The fourth-order valence-electron chi connectivity index (χ4n) is 2.17. The molecule has 1 aliphatic heterocycles. The normalized spacial score (nSPS) is 15.3. The van der Waals surface area contributed by atoms with Crippen LogP contribution in [0.4, 0.5) is 4.79 Å². The molecule has 2 rings (SSSR count). The van der Waals surface area contributed by atoms with E-state index in [0.717, 1.165) is 4.90 Å². The highest BCUT2D eigenvalue weighted by atomic mass is 79.9. The van der Waals surface area contributed by atoms with Crippen LogP contribution in [0.3, 0.4) is 0 Å². The van der Waals surface area contributed by atoms with Crippen LogP contribution < -0.4 is 4.74 Å². The lowest BCUT2D eigenvalue weighted by atomic mass is 10.2. The van der Waals surface area contributed by atoms with Crippen LogP contribution in [0.15, 0.2) is 27.6 Å². The highest BCUT2D eigenvalue weighted by Crippen LogP contribution is 2.34. The van der Waals surface area contributed by atoms with Crippen molar-refractivity contribution < 1.29 is 33.4 Å². The molecule has 0 bridgehead atoms. The van der Waals surface area contributed by atoms with Gasteiger partial charge in [0.2, 0.25) is 0 Å².